The Morgan fingerprint density at radius 1 is 1.16 bits per heavy atom. The highest BCUT2D eigenvalue weighted by Gasteiger charge is 2.21. The van der Waals surface area contributed by atoms with E-state index < -0.39 is 0 Å². The number of fused-ring (bicyclic) bond motifs is 1. The second kappa shape index (κ2) is 5.10. The zero-order valence-corrected chi connectivity index (χ0v) is 10.5. The fraction of sp³-hybridized carbons (Fsp3) is 0.200. The van der Waals surface area contributed by atoms with Crippen LogP contribution >= 0.6 is 0 Å². The molecule has 19 heavy (non-hydrogen) atoms. The molecule has 0 aliphatic carbocycles. The molecule has 1 aromatic heterocycles. The first-order valence-corrected chi connectivity index (χ1v) is 6.26. The Morgan fingerprint density at radius 2 is 2.00 bits per heavy atom. The lowest BCUT2D eigenvalue weighted by atomic mass is 10.0. The fourth-order valence-corrected chi connectivity index (χ4v) is 2.22. The average molecular weight is 254 g/mol. The standard InChI is InChI=1S/C15H14N2O2/c18-15(19-14-6-3-8-16-10-14)17-9-7-12-4-1-2-5-13(12)11-17/h1-6,8,10H,7,9,11H2. The molecule has 0 unspecified atom stereocenters. The molecule has 1 amide bonds. The van der Waals surface area contributed by atoms with E-state index in [4.69, 9.17) is 4.74 Å². The van der Waals surface area contributed by atoms with Gasteiger partial charge in [-0.1, -0.05) is 24.3 Å². The molecular formula is C15H14N2O2. The van der Waals surface area contributed by atoms with Crippen molar-refractivity contribution < 1.29 is 9.53 Å². The van der Waals surface area contributed by atoms with Crippen molar-refractivity contribution in [2.24, 2.45) is 0 Å². The Morgan fingerprint density at radius 3 is 2.79 bits per heavy atom. The monoisotopic (exact) mass is 254 g/mol. The SMILES string of the molecule is O=C(Oc1cccnc1)N1CCc2ccccc2C1. The quantitative estimate of drug-likeness (QED) is 0.785. The van der Waals surface area contributed by atoms with Crippen molar-refractivity contribution in [3.8, 4) is 5.75 Å². The minimum Gasteiger partial charge on any atom is -0.409 e. The van der Waals surface area contributed by atoms with Crippen LogP contribution in [-0.4, -0.2) is 22.5 Å². The molecule has 0 spiro atoms. The Kier molecular flexibility index (Phi) is 3.14. The van der Waals surface area contributed by atoms with Gasteiger partial charge >= 0.3 is 6.09 Å². The van der Waals surface area contributed by atoms with Crippen LogP contribution in [0, 0.1) is 0 Å². The number of ether oxygens (including phenoxy) is 1. The van der Waals surface area contributed by atoms with Gasteiger partial charge in [0.25, 0.3) is 0 Å². The number of hydrogen-bond donors (Lipinski definition) is 0. The van der Waals surface area contributed by atoms with E-state index in [0.717, 1.165) is 6.42 Å². The third-order valence-corrected chi connectivity index (χ3v) is 3.23. The average Bonchev–Trinajstić information content (AvgIpc) is 2.48. The van der Waals surface area contributed by atoms with Crippen LogP contribution in [0.4, 0.5) is 4.79 Å². The summed E-state index contributed by atoms with van der Waals surface area (Å²) in [5, 5.41) is 0. The number of nitrogens with zero attached hydrogens (tertiary/aromatic N) is 2. The van der Waals surface area contributed by atoms with Gasteiger partial charge in [-0.2, -0.15) is 0 Å². The predicted molar refractivity (Wildman–Crippen MR) is 70.8 cm³/mol. The number of carbonyl (C=O) groups excluding carboxylic acids is 1. The number of hydrogen-bond acceptors (Lipinski definition) is 3. The van der Waals surface area contributed by atoms with E-state index in [-0.39, 0.29) is 6.09 Å². The van der Waals surface area contributed by atoms with E-state index in [1.54, 1.807) is 23.2 Å². The van der Waals surface area contributed by atoms with Crippen molar-refractivity contribution in [1.82, 2.24) is 9.88 Å². The van der Waals surface area contributed by atoms with Crippen molar-refractivity contribution in [1.29, 1.82) is 0 Å². The molecule has 4 nitrogen and oxygen atoms in total. The smallest absolute Gasteiger partial charge is 0.409 e. The van der Waals surface area contributed by atoms with E-state index in [2.05, 4.69) is 17.1 Å². The van der Waals surface area contributed by atoms with Crippen molar-refractivity contribution in [2.45, 2.75) is 13.0 Å². The highest BCUT2D eigenvalue weighted by atomic mass is 16.6. The Bertz CT molecular complexity index is 584. The van der Waals surface area contributed by atoms with Crippen molar-refractivity contribution in [3.05, 3.63) is 59.9 Å². The maximum atomic E-state index is 12.1. The molecule has 0 bridgehead atoms. The molecule has 4 heteroatoms. The van der Waals surface area contributed by atoms with Crippen molar-refractivity contribution in [3.63, 3.8) is 0 Å². The highest BCUT2D eigenvalue weighted by molar-refractivity contribution is 5.71. The minimum absolute atomic E-state index is 0.317. The number of aromatic nitrogens is 1. The van der Waals surface area contributed by atoms with E-state index in [9.17, 15) is 4.79 Å². The zero-order valence-electron chi connectivity index (χ0n) is 10.5. The Hall–Kier alpha value is -2.36. The predicted octanol–water partition coefficient (Wildman–Crippen LogP) is 2.64. The van der Waals surface area contributed by atoms with Gasteiger partial charge < -0.3 is 9.64 Å². The van der Waals surface area contributed by atoms with Gasteiger partial charge in [-0.05, 0) is 29.7 Å². The normalized spacial score (nSPS) is 13.8. The molecule has 96 valence electrons. The number of benzene rings is 1. The van der Waals surface area contributed by atoms with Gasteiger partial charge in [-0.3, -0.25) is 4.98 Å². The molecular weight excluding hydrogens is 240 g/mol. The summed E-state index contributed by atoms with van der Waals surface area (Å²) in [5.74, 6) is 0.478. The summed E-state index contributed by atoms with van der Waals surface area (Å²) < 4.78 is 5.29. The third kappa shape index (κ3) is 2.57. The van der Waals surface area contributed by atoms with Crippen LogP contribution in [-0.2, 0) is 13.0 Å². The molecule has 0 saturated carbocycles. The van der Waals surface area contributed by atoms with E-state index >= 15 is 0 Å². The first kappa shape index (κ1) is 11.7. The summed E-state index contributed by atoms with van der Waals surface area (Å²) in [6.45, 7) is 1.30. The first-order valence-electron chi connectivity index (χ1n) is 6.26. The van der Waals surface area contributed by atoms with E-state index in [1.807, 2.05) is 12.1 Å². The summed E-state index contributed by atoms with van der Waals surface area (Å²) >= 11 is 0. The number of carbonyl (C=O) groups is 1. The molecule has 1 aliphatic rings. The highest BCUT2D eigenvalue weighted by Crippen LogP contribution is 2.19. The van der Waals surface area contributed by atoms with E-state index in [0.29, 0.717) is 18.8 Å². The van der Waals surface area contributed by atoms with Crippen LogP contribution in [0.15, 0.2) is 48.8 Å². The van der Waals surface area contributed by atoms with Crippen LogP contribution in [0.5, 0.6) is 5.75 Å². The minimum atomic E-state index is -0.317. The molecule has 1 aromatic carbocycles. The molecule has 2 heterocycles. The lowest BCUT2D eigenvalue weighted by Gasteiger charge is -2.27. The largest absolute Gasteiger partial charge is 0.415 e. The zero-order chi connectivity index (χ0) is 13.1. The third-order valence-electron chi connectivity index (χ3n) is 3.23. The van der Waals surface area contributed by atoms with Gasteiger partial charge in [0.05, 0.1) is 6.20 Å². The van der Waals surface area contributed by atoms with Crippen LogP contribution in [0.2, 0.25) is 0 Å². The molecule has 0 saturated heterocycles. The first-order chi connectivity index (χ1) is 9.33. The Labute approximate surface area is 111 Å². The van der Waals surface area contributed by atoms with Gasteiger partial charge in [-0.25, -0.2) is 4.79 Å². The summed E-state index contributed by atoms with van der Waals surface area (Å²) in [6, 6.07) is 11.7. The fourth-order valence-electron chi connectivity index (χ4n) is 2.22. The maximum absolute atomic E-state index is 12.1. The van der Waals surface area contributed by atoms with Crippen LogP contribution in [0.25, 0.3) is 0 Å². The second-order valence-electron chi connectivity index (χ2n) is 4.50. The van der Waals surface area contributed by atoms with Gasteiger partial charge in [-0.15, -0.1) is 0 Å². The summed E-state index contributed by atoms with van der Waals surface area (Å²) in [7, 11) is 0. The topological polar surface area (TPSA) is 42.4 Å². The molecule has 0 atom stereocenters. The number of amides is 1. The molecule has 0 radical (unpaired) electrons. The molecule has 0 fully saturated rings. The van der Waals surface area contributed by atoms with Gasteiger partial charge in [0.1, 0.15) is 0 Å². The summed E-state index contributed by atoms with van der Waals surface area (Å²) in [4.78, 5) is 17.7. The second-order valence-corrected chi connectivity index (χ2v) is 4.50. The van der Waals surface area contributed by atoms with Gasteiger partial charge in [0.15, 0.2) is 5.75 Å². The summed E-state index contributed by atoms with van der Waals surface area (Å²) in [5.41, 5.74) is 2.50. The summed E-state index contributed by atoms with van der Waals surface area (Å²) in [6.07, 6.45) is 3.74. The number of rotatable bonds is 1. The van der Waals surface area contributed by atoms with Crippen LogP contribution in [0.1, 0.15) is 11.1 Å². The molecule has 0 N–H and O–H groups in total. The Balaban J connectivity index is 1.70. The van der Waals surface area contributed by atoms with E-state index in [1.165, 1.54) is 17.3 Å². The van der Waals surface area contributed by atoms with Gasteiger partial charge in [0, 0.05) is 19.3 Å². The molecule has 2 aromatic rings. The molecule has 1 aliphatic heterocycles. The van der Waals surface area contributed by atoms with Crippen molar-refractivity contribution in [2.75, 3.05) is 6.54 Å². The van der Waals surface area contributed by atoms with Crippen LogP contribution < -0.4 is 4.74 Å². The lowest BCUT2D eigenvalue weighted by Crippen LogP contribution is -2.37. The number of pyridine rings is 1. The van der Waals surface area contributed by atoms with Crippen molar-refractivity contribution >= 4 is 6.09 Å². The van der Waals surface area contributed by atoms with Gasteiger partial charge in [0.2, 0.25) is 0 Å². The molecule has 3 rings (SSSR count). The van der Waals surface area contributed by atoms with Crippen LogP contribution in [0.3, 0.4) is 0 Å². The maximum Gasteiger partial charge on any atom is 0.415 e. The lowest BCUT2D eigenvalue weighted by molar-refractivity contribution is 0.146.